The zero-order valence-corrected chi connectivity index (χ0v) is 19.8. The van der Waals surface area contributed by atoms with Gasteiger partial charge in [0.25, 0.3) is 0 Å². The van der Waals surface area contributed by atoms with Crippen molar-refractivity contribution in [1.82, 2.24) is 9.21 Å². The van der Waals surface area contributed by atoms with E-state index in [2.05, 4.69) is 5.32 Å². The van der Waals surface area contributed by atoms with Gasteiger partial charge in [0.2, 0.25) is 21.8 Å². The number of nitrogens with zero attached hydrogens (tertiary/aromatic N) is 2. The SMILES string of the molecule is CC(=O)Nc1ccc(S(=O)(=O)N2CCc3ccccc3[C@H]2CC(=O)N2CCCCCC2)cc1. The Hall–Kier alpha value is -2.71. The van der Waals surface area contributed by atoms with Crippen LogP contribution in [-0.4, -0.2) is 49.1 Å². The molecular weight excluding hydrogens is 438 g/mol. The number of nitrogens with one attached hydrogen (secondary N) is 1. The molecule has 176 valence electrons. The number of rotatable bonds is 5. The minimum Gasteiger partial charge on any atom is -0.343 e. The average molecular weight is 470 g/mol. The van der Waals surface area contributed by atoms with Gasteiger partial charge in [0, 0.05) is 38.7 Å². The summed E-state index contributed by atoms with van der Waals surface area (Å²) < 4.78 is 28.8. The third kappa shape index (κ3) is 5.28. The molecule has 2 aliphatic heterocycles. The van der Waals surface area contributed by atoms with Gasteiger partial charge in [0.1, 0.15) is 0 Å². The summed E-state index contributed by atoms with van der Waals surface area (Å²) in [5.41, 5.74) is 2.54. The number of carbonyl (C=O) groups excluding carboxylic acids is 2. The monoisotopic (exact) mass is 469 g/mol. The highest BCUT2D eigenvalue weighted by atomic mass is 32.2. The van der Waals surface area contributed by atoms with Crippen molar-refractivity contribution in [2.45, 2.75) is 56.4 Å². The second-order valence-corrected chi connectivity index (χ2v) is 10.7. The highest BCUT2D eigenvalue weighted by Gasteiger charge is 2.38. The molecule has 2 aromatic carbocycles. The fourth-order valence-electron chi connectivity index (χ4n) is 4.79. The first-order valence-electron chi connectivity index (χ1n) is 11.6. The fourth-order valence-corrected chi connectivity index (χ4v) is 6.40. The number of benzene rings is 2. The van der Waals surface area contributed by atoms with Crippen LogP contribution in [-0.2, 0) is 26.0 Å². The Morgan fingerprint density at radius 1 is 0.939 bits per heavy atom. The lowest BCUT2D eigenvalue weighted by Gasteiger charge is -2.37. The van der Waals surface area contributed by atoms with Gasteiger partial charge in [-0.05, 0) is 54.7 Å². The lowest BCUT2D eigenvalue weighted by Crippen LogP contribution is -2.43. The molecule has 2 heterocycles. The molecule has 2 aliphatic rings. The number of fused-ring (bicyclic) bond motifs is 1. The van der Waals surface area contributed by atoms with Crippen LogP contribution >= 0.6 is 0 Å². The first-order chi connectivity index (χ1) is 15.9. The normalized spacial score (nSPS) is 19.4. The molecule has 0 aliphatic carbocycles. The lowest BCUT2D eigenvalue weighted by molar-refractivity contribution is -0.132. The molecule has 0 aromatic heterocycles. The van der Waals surface area contributed by atoms with E-state index >= 15 is 0 Å². The van der Waals surface area contributed by atoms with Gasteiger partial charge in [-0.15, -0.1) is 0 Å². The molecule has 1 saturated heterocycles. The Morgan fingerprint density at radius 2 is 1.61 bits per heavy atom. The predicted octanol–water partition coefficient (Wildman–Crippen LogP) is 3.73. The summed E-state index contributed by atoms with van der Waals surface area (Å²) >= 11 is 0. The first kappa shape index (κ1) is 23.4. The van der Waals surface area contributed by atoms with Crippen molar-refractivity contribution < 1.29 is 18.0 Å². The van der Waals surface area contributed by atoms with Gasteiger partial charge in [-0.1, -0.05) is 37.1 Å². The molecule has 1 atom stereocenters. The van der Waals surface area contributed by atoms with E-state index in [9.17, 15) is 18.0 Å². The lowest BCUT2D eigenvalue weighted by atomic mass is 9.92. The number of sulfonamides is 1. The van der Waals surface area contributed by atoms with E-state index in [-0.39, 0.29) is 23.1 Å². The summed E-state index contributed by atoms with van der Waals surface area (Å²) in [5, 5.41) is 2.65. The maximum atomic E-state index is 13.7. The number of amides is 2. The minimum absolute atomic E-state index is 0.0137. The molecule has 7 nitrogen and oxygen atoms in total. The third-order valence-corrected chi connectivity index (χ3v) is 8.39. The van der Waals surface area contributed by atoms with E-state index in [1.807, 2.05) is 29.2 Å². The van der Waals surface area contributed by atoms with E-state index in [1.54, 1.807) is 12.1 Å². The molecule has 0 spiro atoms. The van der Waals surface area contributed by atoms with E-state index in [0.717, 1.165) is 49.9 Å². The van der Waals surface area contributed by atoms with Crippen molar-refractivity contribution >= 4 is 27.5 Å². The molecule has 0 unspecified atom stereocenters. The molecule has 8 heteroatoms. The van der Waals surface area contributed by atoms with Crippen molar-refractivity contribution in [2.24, 2.45) is 0 Å². The van der Waals surface area contributed by atoms with E-state index in [1.165, 1.54) is 23.4 Å². The van der Waals surface area contributed by atoms with Gasteiger partial charge in [-0.25, -0.2) is 8.42 Å². The molecular formula is C25H31N3O4S. The largest absolute Gasteiger partial charge is 0.343 e. The highest BCUT2D eigenvalue weighted by Crippen LogP contribution is 2.37. The number of likely N-dealkylation sites (tertiary alicyclic amines) is 1. The summed E-state index contributed by atoms with van der Waals surface area (Å²) in [6.07, 6.45) is 5.00. The van der Waals surface area contributed by atoms with E-state index in [4.69, 9.17) is 0 Å². The summed E-state index contributed by atoms with van der Waals surface area (Å²) in [6.45, 7) is 3.21. The van der Waals surface area contributed by atoms with E-state index < -0.39 is 16.1 Å². The van der Waals surface area contributed by atoms with Crippen LogP contribution in [0.15, 0.2) is 53.4 Å². The van der Waals surface area contributed by atoms with Crippen molar-refractivity contribution in [3.63, 3.8) is 0 Å². The number of anilines is 1. The Morgan fingerprint density at radius 3 is 2.27 bits per heavy atom. The van der Waals surface area contributed by atoms with Crippen LogP contribution in [0.3, 0.4) is 0 Å². The standard InChI is InChI=1S/C25H31N3O4S/c1-19(29)26-21-10-12-22(13-11-21)33(31,32)28-17-14-20-8-4-5-9-23(20)24(28)18-25(30)27-15-6-2-3-7-16-27/h4-5,8-13,24H,2-3,6-7,14-18H2,1H3,(H,26,29)/t24-/m1/s1. The second kappa shape index (κ2) is 10.1. The van der Waals surface area contributed by atoms with Crippen molar-refractivity contribution in [2.75, 3.05) is 25.0 Å². The van der Waals surface area contributed by atoms with Crippen LogP contribution in [0.4, 0.5) is 5.69 Å². The maximum absolute atomic E-state index is 13.7. The van der Waals surface area contributed by atoms with Crippen LogP contribution < -0.4 is 5.32 Å². The number of hydrogen-bond donors (Lipinski definition) is 1. The molecule has 33 heavy (non-hydrogen) atoms. The topological polar surface area (TPSA) is 86.8 Å². The molecule has 4 rings (SSSR count). The van der Waals surface area contributed by atoms with Crippen LogP contribution in [0.1, 0.15) is 56.2 Å². The summed E-state index contributed by atoms with van der Waals surface area (Å²) in [4.78, 5) is 26.6. The van der Waals surface area contributed by atoms with Crippen molar-refractivity contribution in [3.05, 3.63) is 59.7 Å². The maximum Gasteiger partial charge on any atom is 0.243 e. The van der Waals surface area contributed by atoms with Crippen LogP contribution in [0.25, 0.3) is 0 Å². The fraction of sp³-hybridized carbons (Fsp3) is 0.440. The second-order valence-electron chi connectivity index (χ2n) is 8.79. The van der Waals surface area contributed by atoms with Gasteiger partial charge in [0.15, 0.2) is 0 Å². The smallest absolute Gasteiger partial charge is 0.243 e. The molecule has 0 radical (unpaired) electrons. The van der Waals surface area contributed by atoms with Gasteiger partial charge in [-0.2, -0.15) is 4.31 Å². The van der Waals surface area contributed by atoms with Crippen molar-refractivity contribution in [3.8, 4) is 0 Å². The number of carbonyl (C=O) groups is 2. The number of hydrogen-bond acceptors (Lipinski definition) is 4. The molecule has 0 saturated carbocycles. The predicted molar refractivity (Wildman–Crippen MR) is 127 cm³/mol. The Kier molecular flexibility index (Phi) is 7.14. The molecule has 1 fully saturated rings. The Bertz CT molecular complexity index is 1110. The average Bonchev–Trinajstić information content (AvgIpc) is 3.09. The summed E-state index contributed by atoms with van der Waals surface area (Å²) in [6, 6.07) is 13.5. The van der Waals surface area contributed by atoms with Crippen molar-refractivity contribution in [1.29, 1.82) is 0 Å². The van der Waals surface area contributed by atoms with Crippen LogP contribution in [0.2, 0.25) is 0 Å². The highest BCUT2D eigenvalue weighted by molar-refractivity contribution is 7.89. The van der Waals surface area contributed by atoms with Gasteiger partial charge < -0.3 is 10.2 Å². The summed E-state index contributed by atoms with van der Waals surface area (Å²) in [5.74, 6) is -0.204. The molecule has 1 N–H and O–H groups in total. The third-order valence-electron chi connectivity index (χ3n) is 6.47. The van der Waals surface area contributed by atoms with Crippen LogP contribution in [0, 0.1) is 0 Å². The zero-order chi connectivity index (χ0) is 23.4. The van der Waals surface area contributed by atoms with Gasteiger partial charge >= 0.3 is 0 Å². The molecule has 2 aromatic rings. The first-order valence-corrected chi connectivity index (χ1v) is 13.1. The van der Waals surface area contributed by atoms with E-state index in [0.29, 0.717) is 18.7 Å². The van der Waals surface area contributed by atoms with Gasteiger partial charge in [0.05, 0.1) is 10.9 Å². The minimum atomic E-state index is -3.83. The Labute approximate surface area is 195 Å². The Balaban J connectivity index is 1.63. The molecule has 0 bridgehead atoms. The quantitative estimate of drug-likeness (QED) is 0.723. The zero-order valence-electron chi connectivity index (χ0n) is 19.0. The van der Waals surface area contributed by atoms with Crippen LogP contribution in [0.5, 0.6) is 0 Å². The summed E-state index contributed by atoms with van der Waals surface area (Å²) in [7, 11) is -3.83. The van der Waals surface area contributed by atoms with Gasteiger partial charge in [-0.3, -0.25) is 9.59 Å². The molecule has 2 amide bonds.